The molecule has 0 N–H and O–H groups in total. The fraction of sp³-hybridized carbons (Fsp3) is 0. The van der Waals surface area contributed by atoms with E-state index in [9.17, 15) is 9.59 Å². The van der Waals surface area contributed by atoms with Crippen LogP contribution in [0.4, 0.5) is 0 Å². The molecule has 4 heteroatoms. The van der Waals surface area contributed by atoms with Gasteiger partial charge in [0.2, 0.25) is 0 Å². The molecule has 8 rings (SSSR count). The highest BCUT2D eigenvalue weighted by Crippen LogP contribution is 2.43. The van der Waals surface area contributed by atoms with Gasteiger partial charge in [0.15, 0.2) is 11.2 Å². The number of rotatable bonds is 0. The summed E-state index contributed by atoms with van der Waals surface area (Å²) in [6, 6.07) is 31.5. The van der Waals surface area contributed by atoms with Crippen LogP contribution in [-0.4, -0.2) is 0 Å². The SMILES string of the molecule is O=c1oc2c3oc(=O)c4ccc5ccccc5c4c3c3ccccc3c2c2c1ccc1ccccc12. The molecule has 0 aliphatic rings. The van der Waals surface area contributed by atoms with Gasteiger partial charge in [-0.15, -0.1) is 0 Å². The first-order valence-electron chi connectivity index (χ1n) is 11.8. The van der Waals surface area contributed by atoms with Crippen molar-refractivity contribution in [2.24, 2.45) is 0 Å². The van der Waals surface area contributed by atoms with Crippen LogP contribution in [0.15, 0.2) is 115 Å². The largest absolute Gasteiger partial charge is 0.418 e. The molecule has 0 saturated heterocycles. The van der Waals surface area contributed by atoms with Crippen LogP contribution in [0.5, 0.6) is 0 Å². The van der Waals surface area contributed by atoms with Crippen LogP contribution in [0.3, 0.4) is 0 Å². The second-order valence-electron chi connectivity index (χ2n) is 9.15. The molecule has 2 heterocycles. The molecule has 0 atom stereocenters. The first-order valence-corrected chi connectivity index (χ1v) is 11.8. The lowest BCUT2D eigenvalue weighted by Gasteiger charge is -2.14. The van der Waals surface area contributed by atoms with Crippen molar-refractivity contribution in [3.63, 3.8) is 0 Å². The molecule has 0 spiro atoms. The van der Waals surface area contributed by atoms with Gasteiger partial charge in [0, 0.05) is 21.5 Å². The Morgan fingerprint density at radius 2 is 0.750 bits per heavy atom. The molecule has 0 bridgehead atoms. The van der Waals surface area contributed by atoms with E-state index in [1.807, 2.05) is 97.1 Å². The summed E-state index contributed by atoms with van der Waals surface area (Å²) in [6.07, 6.45) is 0. The molecule has 0 radical (unpaired) electrons. The summed E-state index contributed by atoms with van der Waals surface area (Å²) in [6.45, 7) is 0. The molecule has 0 unspecified atom stereocenters. The van der Waals surface area contributed by atoms with Gasteiger partial charge in [0.25, 0.3) is 0 Å². The molecule has 4 nitrogen and oxygen atoms in total. The van der Waals surface area contributed by atoms with E-state index in [1.54, 1.807) is 0 Å². The molecule has 0 fully saturated rings. The lowest BCUT2D eigenvalue weighted by Crippen LogP contribution is -2.04. The molecule has 0 saturated carbocycles. The fourth-order valence-corrected chi connectivity index (χ4v) is 5.80. The van der Waals surface area contributed by atoms with E-state index in [0.717, 1.165) is 53.9 Å². The van der Waals surface area contributed by atoms with Gasteiger partial charge in [0.1, 0.15) is 0 Å². The monoisotopic (exact) mass is 464 g/mol. The summed E-state index contributed by atoms with van der Waals surface area (Å²) in [5.41, 5.74) is -0.324. The van der Waals surface area contributed by atoms with Crippen LogP contribution in [0.1, 0.15) is 0 Å². The van der Waals surface area contributed by atoms with Crippen molar-refractivity contribution in [2.75, 3.05) is 0 Å². The third kappa shape index (κ3) is 2.38. The molecule has 0 aliphatic heterocycles. The molecular formula is C32H16O4. The molecule has 36 heavy (non-hydrogen) atoms. The first kappa shape index (κ1) is 19.4. The Balaban J connectivity index is 1.81. The highest BCUT2D eigenvalue weighted by atomic mass is 16.4. The van der Waals surface area contributed by atoms with E-state index in [1.165, 1.54) is 0 Å². The Hall–Kier alpha value is -4.96. The molecule has 0 amide bonds. The second-order valence-corrected chi connectivity index (χ2v) is 9.15. The lowest BCUT2D eigenvalue weighted by atomic mass is 9.92. The number of hydrogen-bond donors (Lipinski definition) is 0. The number of hydrogen-bond acceptors (Lipinski definition) is 4. The Bertz CT molecular complexity index is 2190. The van der Waals surface area contributed by atoms with Crippen molar-refractivity contribution in [1.82, 2.24) is 0 Å². The molecule has 8 aromatic rings. The topological polar surface area (TPSA) is 60.4 Å². The highest BCUT2D eigenvalue weighted by Gasteiger charge is 2.22. The zero-order valence-corrected chi connectivity index (χ0v) is 18.9. The van der Waals surface area contributed by atoms with E-state index in [4.69, 9.17) is 8.83 Å². The lowest BCUT2D eigenvalue weighted by molar-refractivity contribution is 0.537. The van der Waals surface area contributed by atoms with Crippen LogP contribution < -0.4 is 11.3 Å². The van der Waals surface area contributed by atoms with Gasteiger partial charge in [-0.3, -0.25) is 0 Å². The first-order chi connectivity index (χ1) is 17.7. The normalized spacial score (nSPS) is 12.1. The van der Waals surface area contributed by atoms with E-state index in [-0.39, 0.29) is 0 Å². The van der Waals surface area contributed by atoms with Crippen molar-refractivity contribution in [2.45, 2.75) is 0 Å². The fourth-order valence-electron chi connectivity index (χ4n) is 5.80. The predicted octanol–water partition coefficient (Wildman–Crippen LogP) is 7.67. The summed E-state index contributed by atoms with van der Waals surface area (Å²) in [5.74, 6) is 0. The molecule has 168 valence electrons. The predicted molar refractivity (Wildman–Crippen MR) is 146 cm³/mol. The summed E-state index contributed by atoms with van der Waals surface area (Å²) in [4.78, 5) is 26.6. The number of fused-ring (bicyclic) bond motifs is 14. The quantitative estimate of drug-likeness (QED) is 0.171. The average Bonchev–Trinajstić information content (AvgIpc) is 2.92. The smallest absolute Gasteiger partial charge is 0.344 e. The summed E-state index contributed by atoms with van der Waals surface area (Å²) in [7, 11) is 0. The van der Waals surface area contributed by atoms with Crippen LogP contribution >= 0.6 is 0 Å². The Morgan fingerprint density at radius 1 is 0.361 bits per heavy atom. The summed E-state index contributed by atoms with van der Waals surface area (Å²) in [5, 5.41) is 9.96. The molecule has 2 aromatic heterocycles. The highest BCUT2D eigenvalue weighted by molar-refractivity contribution is 6.37. The zero-order chi connectivity index (χ0) is 24.0. The maximum atomic E-state index is 13.3. The van der Waals surface area contributed by atoms with Gasteiger partial charge in [-0.05, 0) is 44.5 Å². The molecule has 6 aromatic carbocycles. The van der Waals surface area contributed by atoms with Crippen LogP contribution in [-0.2, 0) is 0 Å². The van der Waals surface area contributed by atoms with E-state index >= 15 is 0 Å². The second kappa shape index (κ2) is 6.80. The van der Waals surface area contributed by atoms with Gasteiger partial charge in [0.05, 0.1) is 10.8 Å². The Morgan fingerprint density at radius 3 is 1.19 bits per heavy atom. The van der Waals surface area contributed by atoms with Crippen molar-refractivity contribution in [1.29, 1.82) is 0 Å². The number of benzene rings is 6. The van der Waals surface area contributed by atoms with Crippen molar-refractivity contribution >= 4 is 75.8 Å². The van der Waals surface area contributed by atoms with Gasteiger partial charge in [-0.1, -0.05) is 84.9 Å². The van der Waals surface area contributed by atoms with E-state index in [2.05, 4.69) is 0 Å². The van der Waals surface area contributed by atoms with Crippen LogP contribution in [0.25, 0.3) is 75.8 Å². The van der Waals surface area contributed by atoms with Crippen LogP contribution in [0, 0.1) is 0 Å². The minimum atomic E-state index is -0.458. The Kier molecular flexibility index (Phi) is 3.66. The van der Waals surface area contributed by atoms with Crippen LogP contribution in [0.2, 0.25) is 0 Å². The third-order valence-corrected chi connectivity index (χ3v) is 7.31. The zero-order valence-electron chi connectivity index (χ0n) is 18.9. The van der Waals surface area contributed by atoms with E-state index < -0.39 is 11.3 Å². The van der Waals surface area contributed by atoms with Gasteiger partial charge in [-0.2, -0.15) is 0 Å². The minimum absolute atomic E-state index is 0.296. The molecule has 0 aliphatic carbocycles. The van der Waals surface area contributed by atoms with Crippen molar-refractivity contribution in [3.05, 3.63) is 118 Å². The van der Waals surface area contributed by atoms with Crippen molar-refractivity contribution < 1.29 is 8.83 Å². The summed E-state index contributed by atoms with van der Waals surface area (Å²) >= 11 is 0. The van der Waals surface area contributed by atoms with Crippen molar-refractivity contribution in [3.8, 4) is 0 Å². The standard InChI is InChI=1S/C32H16O4/c33-31-23-15-13-17-7-1-3-9-19(17)25(23)27-21-11-5-6-12-22(21)28-26-20-10-4-2-8-18(20)14-16-24(26)32(34)36-30(28)29(27)35-31/h1-16H. The average molecular weight is 464 g/mol. The van der Waals surface area contributed by atoms with Gasteiger partial charge < -0.3 is 8.83 Å². The summed E-state index contributed by atoms with van der Waals surface area (Å²) < 4.78 is 11.9. The maximum absolute atomic E-state index is 13.3. The van der Waals surface area contributed by atoms with Gasteiger partial charge >= 0.3 is 11.3 Å². The molecular weight excluding hydrogens is 448 g/mol. The maximum Gasteiger partial charge on any atom is 0.344 e. The Labute approximate surface area is 202 Å². The minimum Gasteiger partial charge on any atom is -0.418 e. The van der Waals surface area contributed by atoms with E-state index in [0.29, 0.717) is 21.9 Å². The van der Waals surface area contributed by atoms with Gasteiger partial charge in [-0.25, -0.2) is 9.59 Å². The third-order valence-electron chi connectivity index (χ3n) is 7.31.